The highest BCUT2D eigenvalue weighted by Crippen LogP contribution is 2.19. The van der Waals surface area contributed by atoms with Crippen molar-refractivity contribution in [3.8, 4) is 0 Å². The van der Waals surface area contributed by atoms with Crippen LogP contribution >= 0.6 is 0 Å². The Hall–Kier alpha value is -2.89. The van der Waals surface area contributed by atoms with E-state index in [0.717, 1.165) is 16.7 Å². The van der Waals surface area contributed by atoms with E-state index in [9.17, 15) is 14.0 Å². The second kappa shape index (κ2) is 7.59. The van der Waals surface area contributed by atoms with E-state index in [0.29, 0.717) is 12.2 Å². The average Bonchev–Trinajstić information content (AvgIpc) is 2.49. The molecule has 0 saturated heterocycles. The van der Waals surface area contributed by atoms with E-state index in [1.807, 2.05) is 26.0 Å². The number of aryl methyl sites for hydroxylation is 2. The molecule has 0 unspecified atom stereocenters. The van der Waals surface area contributed by atoms with Crippen LogP contribution < -0.4 is 16.0 Å². The number of hydrogen-bond acceptors (Lipinski definition) is 2. The summed E-state index contributed by atoms with van der Waals surface area (Å²) < 4.78 is 13.6. The van der Waals surface area contributed by atoms with Gasteiger partial charge in [0.1, 0.15) is 5.82 Å². The molecule has 0 spiro atoms. The Labute approximate surface area is 140 Å². The SMILES string of the molecule is CC(=O)Nc1cc(NC(=O)NCc2ccc(C)cc2C)ccc1F. The number of urea groups is 1. The number of anilines is 2. The van der Waals surface area contributed by atoms with Crippen LogP contribution in [0, 0.1) is 19.7 Å². The fourth-order valence-electron chi connectivity index (χ4n) is 2.28. The van der Waals surface area contributed by atoms with E-state index < -0.39 is 11.8 Å². The molecule has 0 heterocycles. The van der Waals surface area contributed by atoms with Crippen molar-refractivity contribution in [2.24, 2.45) is 0 Å². The van der Waals surface area contributed by atoms with Crippen molar-refractivity contribution in [3.63, 3.8) is 0 Å². The smallest absolute Gasteiger partial charge is 0.319 e. The van der Waals surface area contributed by atoms with Crippen LogP contribution in [0.4, 0.5) is 20.6 Å². The Morgan fingerprint density at radius 1 is 1.04 bits per heavy atom. The van der Waals surface area contributed by atoms with Gasteiger partial charge in [0.05, 0.1) is 5.69 Å². The van der Waals surface area contributed by atoms with Gasteiger partial charge in [-0.05, 0) is 43.2 Å². The minimum absolute atomic E-state index is 0.0229. The quantitative estimate of drug-likeness (QED) is 0.800. The summed E-state index contributed by atoms with van der Waals surface area (Å²) in [6, 6.07) is 9.58. The first-order valence-corrected chi connectivity index (χ1v) is 7.53. The van der Waals surface area contributed by atoms with E-state index >= 15 is 0 Å². The Morgan fingerprint density at radius 3 is 2.46 bits per heavy atom. The molecule has 2 aromatic carbocycles. The van der Waals surface area contributed by atoms with Crippen LogP contribution in [-0.4, -0.2) is 11.9 Å². The molecule has 0 aliphatic rings. The van der Waals surface area contributed by atoms with Gasteiger partial charge in [0.2, 0.25) is 5.91 Å². The van der Waals surface area contributed by atoms with Gasteiger partial charge < -0.3 is 16.0 Å². The number of halogens is 1. The number of hydrogen-bond donors (Lipinski definition) is 3. The molecule has 0 saturated carbocycles. The zero-order valence-electron chi connectivity index (χ0n) is 13.9. The lowest BCUT2D eigenvalue weighted by Gasteiger charge is -2.11. The van der Waals surface area contributed by atoms with Crippen molar-refractivity contribution >= 4 is 23.3 Å². The zero-order chi connectivity index (χ0) is 17.7. The van der Waals surface area contributed by atoms with Gasteiger partial charge in [0.25, 0.3) is 0 Å². The van der Waals surface area contributed by atoms with Gasteiger partial charge in [0, 0.05) is 19.2 Å². The van der Waals surface area contributed by atoms with E-state index in [-0.39, 0.29) is 11.6 Å². The van der Waals surface area contributed by atoms with Gasteiger partial charge in [-0.3, -0.25) is 4.79 Å². The summed E-state index contributed by atoms with van der Waals surface area (Å²) >= 11 is 0. The molecule has 2 aromatic rings. The fourth-order valence-corrected chi connectivity index (χ4v) is 2.28. The summed E-state index contributed by atoms with van der Waals surface area (Å²) in [5.41, 5.74) is 3.70. The molecule has 0 aromatic heterocycles. The van der Waals surface area contributed by atoms with Crippen molar-refractivity contribution in [2.45, 2.75) is 27.3 Å². The largest absolute Gasteiger partial charge is 0.334 e. The fraction of sp³-hybridized carbons (Fsp3) is 0.222. The molecule has 2 rings (SSSR count). The molecule has 24 heavy (non-hydrogen) atoms. The maximum absolute atomic E-state index is 13.6. The molecular weight excluding hydrogens is 309 g/mol. The lowest BCUT2D eigenvalue weighted by atomic mass is 10.1. The molecule has 0 aliphatic heterocycles. The number of rotatable bonds is 4. The minimum atomic E-state index is -0.563. The highest BCUT2D eigenvalue weighted by atomic mass is 19.1. The summed E-state index contributed by atoms with van der Waals surface area (Å²) in [6.45, 7) is 5.67. The molecule has 3 N–H and O–H groups in total. The second-order valence-corrected chi connectivity index (χ2v) is 5.61. The molecule has 5 nitrogen and oxygen atoms in total. The maximum Gasteiger partial charge on any atom is 0.319 e. The minimum Gasteiger partial charge on any atom is -0.334 e. The molecular formula is C18H20FN3O2. The highest BCUT2D eigenvalue weighted by Gasteiger charge is 2.08. The van der Waals surface area contributed by atoms with Crippen LogP contribution in [0.15, 0.2) is 36.4 Å². The summed E-state index contributed by atoms with van der Waals surface area (Å²) in [5, 5.41) is 7.74. The van der Waals surface area contributed by atoms with Gasteiger partial charge in [-0.25, -0.2) is 9.18 Å². The summed E-state index contributed by atoms with van der Waals surface area (Å²) in [6.07, 6.45) is 0. The van der Waals surface area contributed by atoms with E-state index in [4.69, 9.17) is 0 Å². The molecule has 6 heteroatoms. The highest BCUT2D eigenvalue weighted by molar-refractivity contribution is 5.92. The maximum atomic E-state index is 13.6. The molecule has 0 fully saturated rings. The summed E-state index contributed by atoms with van der Waals surface area (Å²) in [4.78, 5) is 23.0. The van der Waals surface area contributed by atoms with Gasteiger partial charge >= 0.3 is 6.03 Å². The number of nitrogens with one attached hydrogen (secondary N) is 3. The predicted octanol–water partition coefficient (Wildman–Crippen LogP) is 3.72. The molecule has 0 atom stereocenters. The number of benzene rings is 2. The first kappa shape index (κ1) is 17.5. The molecule has 126 valence electrons. The third-order valence-electron chi connectivity index (χ3n) is 3.47. The number of amides is 3. The van der Waals surface area contributed by atoms with Gasteiger partial charge in [0.15, 0.2) is 0 Å². The first-order chi connectivity index (χ1) is 11.3. The molecule has 3 amide bonds. The van der Waals surface area contributed by atoms with Gasteiger partial charge in [-0.15, -0.1) is 0 Å². The monoisotopic (exact) mass is 329 g/mol. The summed E-state index contributed by atoms with van der Waals surface area (Å²) in [7, 11) is 0. The standard InChI is InChI=1S/C18H20FN3O2/c1-11-4-5-14(12(2)8-11)10-20-18(24)22-15-6-7-16(19)17(9-15)21-13(3)23/h4-9H,10H2,1-3H3,(H,21,23)(H2,20,22,24). The van der Waals surface area contributed by atoms with Crippen LogP contribution in [0.2, 0.25) is 0 Å². The van der Waals surface area contributed by atoms with Crippen molar-refractivity contribution in [1.29, 1.82) is 0 Å². The third-order valence-corrected chi connectivity index (χ3v) is 3.47. The molecule has 0 radical (unpaired) electrons. The van der Waals surface area contributed by atoms with Crippen molar-refractivity contribution in [2.75, 3.05) is 10.6 Å². The lowest BCUT2D eigenvalue weighted by molar-refractivity contribution is -0.114. The van der Waals surface area contributed by atoms with E-state index in [1.165, 1.54) is 25.1 Å². The number of carbonyl (C=O) groups is 2. The predicted molar refractivity (Wildman–Crippen MR) is 92.5 cm³/mol. The van der Waals surface area contributed by atoms with Crippen LogP contribution in [-0.2, 0) is 11.3 Å². The summed E-state index contributed by atoms with van der Waals surface area (Å²) in [5.74, 6) is -0.947. The Balaban J connectivity index is 1.98. The van der Waals surface area contributed by atoms with E-state index in [2.05, 4.69) is 22.0 Å². The average molecular weight is 329 g/mol. The van der Waals surface area contributed by atoms with Crippen LogP contribution in [0.25, 0.3) is 0 Å². The van der Waals surface area contributed by atoms with Gasteiger partial charge in [-0.1, -0.05) is 23.8 Å². The topological polar surface area (TPSA) is 70.2 Å². The molecule has 0 aliphatic carbocycles. The van der Waals surface area contributed by atoms with Crippen molar-refractivity contribution < 1.29 is 14.0 Å². The Morgan fingerprint density at radius 2 is 1.79 bits per heavy atom. The van der Waals surface area contributed by atoms with Crippen molar-refractivity contribution in [3.05, 3.63) is 58.9 Å². The second-order valence-electron chi connectivity index (χ2n) is 5.61. The lowest BCUT2D eigenvalue weighted by Crippen LogP contribution is -2.28. The zero-order valence-corrected chi connectivity index (χ0v) is 13.9. The first-order valence-electron chi connectivity index (χ1n) is 7.53. The normalized spacial score (nSPS) is 10.2. The van der Waals surface area contributed by atoms with Crippen LogP contribution in [0.5, 0.6) is 0 Å². The molecule has 0 bridgehead atoms. The third kappa shape index (κ3) is 4.81. The van der Waals surface area contributed by atoms with Crippen LogP contribution in [0.3, 0.4) is 0 Å². The number of carbonyl (C=O) groups excluding carboxylic acids is 2. The van der Waals surface area contributed by atoms with Crippen molar-refractivity contribution in [1.82, 2.24) is 5.32 Å². The Kier molecular flexibility index (Phi) is 5.52. The van der Waals surface area contributed by atoms with E-state index in [1.54, 1.807) is 0 Å². The Bertz CT molecular complexity index is 775. The van der Waals surface area contributed by atoms with Crippen LogP contribution in [0.1, 0.15) is 23.6 Å². The van der Waals surface area contributed by atoms with Gasteiger partial charge in [-0.2, -0.15) is 0 Å².